The molecule has 0 saturated heterocycles. The van der Waals surface area contributed by atoms with Crippen molar-refractivity contribution in [3.8, 4) is 5.69 Å². The van der Waals surface area contributed by atoms with Gasteiger partial charge in [-0.1, -0.05) is 23.4 Å². The molecule has 2 aromatic heterocycles. The molecule has 3 rings (SSSR count). The molecule has 2 N–H and O–H groups in total. The van der Waals surface area contributed by atoms with Gasteiger partial charge in [0.15, 0.2) is 0 Å². The van der Waals surface area contributed by atoms with Crippen molar-refractivity contribution >= 4 is 0 Å². The predicted octanol–water partition coefficient (Wildman–Crippen LogP) is 1.05. The van der Waals surface area contributed by atoms with Gasteiger partial charge < -0.3 is 5.73 Å². The van der Waals surface area contributed by atoms with Crippen molar-refractivity contribution in [2.45, 2.75) is 6.04 Å². The number of hydrogen-bond acceptors (Lipinski definition) is 4. The maximum atomic E-state index is 6.20. The smallest absolute Gasteiger partial charge is 0.0797 e. The summed E-state index contributed by atoms with van der Waals surface area (Å²) in [7, 11) is 1.82. The van der Waals surface area contributed by atoms with Gasteiger partial charge in [0, 0.05) is 18.8 Å². The van der Waals surface area contributed by atoms with E-state index in [9.17, 15) is 0 Å². The molecule has 3 aromatic rings. The lowest BCUT2D eigenvalue weighted by atomic mass is 10.1. The number of para-hydroxylation sites is 1. The summed E-state index contributed by atoms with van der Waals surface area (Å²) in [4.78, 5) is 0. The van der Waals surface area contributed by atoms with E-state index < -0.39 is 0 Å². The van der Waals surface area contributed by atoms with Crippen LogP contribution < -0.4 is 5.73 Å². The zero-order valence-corrected chi connectivity index (χ0v) is 10.5. The quantitative estimate of drug-likeness (QED) is 0.758. The van der Waals surface area contributed by atoms with Crippen molar-refractivity contribution in [1.82, 2.24) is 24.8 Å². The molecule has 0 aliphatic heterocycles. The molecule has 6 nitrogen and oxygen atoms in total. The Morgan fingerprint density at radius 1 is 1.16 bits per heavy atom. The number of aromatic nitrogens is 5. The molecule has 0 bridgehead atoms. The fourth-order valence-electron chi connectivity index (χ4n) is 1.97. The summed E-state index contributed by atoms with van der Waals surface area (Å²) in [5.74, 6) is 0. The molecule has 6 heteroatoms. The van der Waals surface area contributed by atoms with Crippen LogP contribution >= 0.6 is 0 Å². The van der Waals surface area contributed by atoms with E-state index in [4.69, 9.17) is 5.73 Å². The molecule has 96 valence electrons. The largest absolute Gasteiger partial charge is 0.319 e. The highest BCUT2D eigenvalue weighted by atomic mass is 15.4. The van der Waals surface area contributed by atoms with Crippen LogP contribution in [-0.2, 0) is 7.05 Å². The molecule has 0 radical (unpaired) electrons. The fraction of sp³-hybridized carbons (Fsp3) is 0.154. The normalized spacial score (nSPS) is 12.5. The van der Waals surface area contributed by atoms with Gasteiger partial charge in [-0.05, 0) is 12.1 Å². The van der Waals surface area contributed by atoms with E-state index >= 15 is 0 Å². The van der Waals surface area contributed by atoms with Crippen LogP contribution in [0.4, 0.5) is 0 Å². The fourth-order valence-corrected chi connectivity index (χ4v) is 1.97. The van der Waals surface area contributed by atoms with Gasteiger partial charge in [0.25, 0.3) is 0 Å². The van der Waals surface area contributed by atoms with Crippen LogP contribution in [-0.4, -0.2) is 24.8 Å². The second-order valence-corrected chi connectivity index (χ2v) is 4.31. The third-order valence-corrected chi connectivity index (χ3v) is 3.05. The summed E-state index contributed by atoms with van der Waals surface area (Å²) in [6, 6.07) is 9.63. The summed E-state index contributed by atoms with van der Waals surface area (Å²) in [5.41, 5.74) is 8.98. The van der Waals surface area contributed by atoms with Crippen LogP contribution in [0.5, 0.6) is 0 Å². The molecule has 0 aliphatic rings. The van der Waals surface area contributed by atoms with Gasteiger partial charge in [0.05, 0.1) is 29.8 Å². The first-order chi connectivity index (χ1) is 9.25. The Morgan fingerprint density at radius 2 is 1.95 bits per heavy atom. The zero-order chi connectivity index (χ0) is 13.2. The molecular formula is C13H14N6. The average molecular weight is 254 g/mol. The minimum Gasteiger partial charge on any atom is -0.319 e. The lowest BCUT2D eigenvalue weighted by molar-refractivity contribution is 0.651. The second kappa shape index (κ2) is 4.66. The number of nitrogens with zero attached hydrogens (tertiary/aromatic N) is 5. The van der Waals surface area contributed by atoms with Crippen molar-refractivity contribution in [3.63, 3.8) is 0 Å². The van der Waals surface area contributed by atoms with Crippen LogP contribution in [0, 0.1) is 0 Å². The summed E-state index contributed by atoms with van der Waals surface area (Å²) in [5, 5.41) is 12.1. The summed E-state index contributed by atoms with van der Waals surface area (Å²) >= 11 is 0. The van der Waals surface area contributed by atoms with E-state index in [1.165, 1.54) is 0 Å². The van der Waals surface area contributed by atoms with Gasteiger partial charge >= 0.3 is 0 Å². The molecule has 0 fully saturated rings. The molecule has 2 heterocycles. The molecule has 1 aromatic carbocycles. The first kappa shape index (κ1) is 11.6. The molecule has 19 heavy (non-hydrogen) atoms. The van der Waals surface area contributed by atoms with Crippen LogP contribution in [0.3, 0.4) is 0 Å². The Hall–Kier alpha value is -2.47. The zero-order valence-electron chi connectivity index (χ0n) is 10.5. The third kappa shape index (κ3) is 2.13. The van der Waals surface area contributed by atoms with E-state index in [-0.39, 0.29) is 6.04 Å². The van der Waals surface area contributed by atoms with E-state index in [1.807, 2.05) is 43.6 Å². The average Bonchev–Trinajstić information content (AvgIpc) is 3.08. The number of benzene rings is 1. The van der Waals surface area contributed by atoms with Crippen LogP contribution in [0.2, 0.25) is 0 Å². The van der Waals surface area contributed by atoms with Gasteiger partial charge in [-0.15, -0.1) is 5.10 Å². The first-order valence-electron chi connectivity index (χ1n) is 5.96. The van der Waals surface area contributed by atoms with Gasteiger partial charge in [0.1, 0.15) is 0 Å². The molecule has 0 amide bonds. The number of aryl methyl sites for hydroxylation is 1. The first-order valence-corrected chi connectivity index (χ1v) is 5.96. The van der Waals surface area contributed by atoms with E-state index in [1.54, 1.807) is 21.8 Å². The maximum Gasteiger partial charge on any atom is 0.0797 e. The highest BCUT2D eigenvalue weighted by Gasteiger charge is 2.15. The van der Waals surface area contributed by atoms with Crippen molar-refractivity contribution in [2.75, 3.05) is 0 Å². The Bertz CT molecular complexity index is 669. The SMILES string of the molecule is Cn1nncc1C(N)c1cnn(-c2ccccc2)c1. The molecule has 1 atom stereocenters. The van der Waals surface area contributed by atoms with Crippen LogP contribution in [0.1, 0.15) is 17.3 Å². The van der Waals surface area contributed by atoms with Gasteiger partial charge in [-0.2, -0.15) is 5.10 Å². The number of hydrogen-bond donors (Lipinski definition) is 1. The monoisotopic (exact) mass is 254 g/mol. The van der Waals surface area contributed by atoms with Gasteiger partial charge in [-0.25, -0.2) is 4.68 Å². The summed E-state index contributed by atoms with van der Waals surface area (Å²) in [6.07, 6.45) is 5.36. The molecule has 0 spiro atoms. The maximum absolute atomic E-state index is 6.20. The van der Waals surface area contributed by atoms with Crippen molar-refractivity contribution in [1.29, 1.82) is 0 Å². The Labute approximate surface area is 110 Å². The highest BCUT2D eigenvalue weighted by Crippen LogP contribution is 2.18. The van der Waals surface area contributed by atoms with Crippen molar-refractivity contribution < 1.29 is 0 Å². The standard InChI is InChI=1S/C13H14N6/c1-18-12(8-15-17-18)13(14)10-7-16-19(9-10)11-5-3-2-4-6-11/h2-9,13H,14H2,1H3. The van der Waals surface area contributed by atoms with Gasteiger partial charge in [0.2, 0.25) is 0 Å². The minimum absolute atomic E-state index is 0.280. The topological polar surface area (TPSA) is 74.6 Å². The molecular weight excluding hydrogens is 240 g/mol. The number of rotatable bonds is 3. The minimum atomic E-state index is -0.280. The van der Waals surface area contributed by atoms with Gasteiger partial charge in [-0.3, -0.25) is 4.68 Å². The Morgan fingerprint density at radius 3 is 2.63 bits per heavy atom. The second-order valence-electron chi connectivity index (χ2n) is 4.31. The van der Waals surface area contributed by atoms with Crippen LogP contribution in [0.15, 0.2) is 48.9 Å². The van der Waals surface area contributed by atoms with E-state index in [0.717, 1.165) is 16.9 Å². The predicted molar refractivity (Wildman–Crippen MR) is 70.6 cm³/mol. The highest BCUT2D eigenvalue weighted by molar-refractivity contribution is 5.32. The molecule has 0 aliphatic carbocycles. The Balaban J connectivity index is 1.92. The van der Waals surface area contributed by atoms with Crippen LogP contribution in [0.25, 0.3) is 5.69 Å². The van der Waals surface area contributed by atoms with Crippen molar-refractivity contribution in [2.24, 2.45) is 12.8 Å². The number of nitrogens with two attached hydrogens (primary N) is 1. The molecule has 1 unspecified atom stereocenters. The summed E-state index contributed by atoms with van der Waals surface area (Å²) < 4.78 is 3.48. The lowest BCUT2D eigenvalue weighted by Crippen LogP contribution is -2.15. The van der Waals surface area contributed by atoms with Crippen molar-refractivity contribution in [3.05, 3.63) is 60.2 Å². The van der Waals surface area contributed by atoms with E-state index in [2.05, 4.69) is 15.4 Å². The summed E-state index contributed by atoms with van der Waals surface area (Å²) in [6.45, 7) is 0. The third-order valence-electron chi connectivity index (χ3n) is 3.05. The lowest BCUT2D eigenvalue weighted by Gasteiger charge is -2.08. The Kier molecular flexibility index (Phi) is 2.85. The molecule has 0 saturated carbocycles. The van der Waals surface area contributed by atoms with E-state index in [0.29, 0.717) is 0 Å².